The number of nitrogens with zero attached hydrogens (tertiary/aromatic N) is 3. The van der Waals surface area contributed by atoms with Crippen molar-refractivity contribution in [2.24, 2.45) is 0 Å². The summed E-state index contributed by atoms with van der Waals surface area (Å²) in [4.78, 5) is 16.1. The molecule has 3 rings (SSSR count). The van der Waals surface area contributed by atoms with Crippen molar-refractivity contribution < 1.29 is 14.6 Å². The molecule has 2 aromatic rings. The number of fused-ring (bicyclic) bond motifs is 1. The van der Waals surface area contributed by atoms with Gasteiger partial charge in [0.1, 0.15) is 5.65 Å². The standard InChI is InChI=1S/C10H11N3O4/c14-5-9-16-6-8(17-9)13-3-1-7-11-2-4-12(7)10(13)15/h1-4,8-9,14H,5-6H2/t8-,9-/m1/s1. The Morgan fingerprint density at radius 2 is 2.41 bits per heavy atom. The van der Waals surface area contributed by atoms with Gasteiger partial charge in [0.05, 0.1) is 13.2 Å². The zero-order valence-electron chi connectivity index (χ0n) is 8.89. The number of hydrogen-bond donors (Lipinski definition) is 1. The van der Waals surface area contributed by atoms with Gasteiger partial charge in [0.15, 0.2) is 12.5 Å². The van der Waals surface area contributed by atoms with Gasteiger partial charge in [0.2, 0.25) is 0 Å². The van der Waals surface area contributed by atoms with Crippen molar-refractivity contribution in [1.29, 1.82) is 0 Å². The van der Waals surface area contributed by atoms with E-state index in [2.05, 4.69) is 4.98 Å². The Kier molecular flexibility index (Phi) is 2.43. The van der Waals surface area contributed by atoms with E-state index in [1.807, 2.05) is 0 Å². The van der Waals surface area contributed by atoms with Crippen LogP contribution in [0.4, 0.5) is 0 Å². The van der Waals surface area contributed by atoms with Crippen LogP contribution in [0, 0.1) is 0 Å². The second-order valence-electron chi connectivity index (χ2n) is 3.70. The third-order valence-corrected chi connectivity index (χ3v) is 2.67. The van der Waals surface area contributed by atoms with Crippen molar-refractivity contribution in [3.8, 4) is 0 Å². The maximum atomic E-state index is 12.1. The number of imidazole rings is 1. The Balaban J connectivity index is 2.01. The molecule has 7 nitrogen and oxygen atoms in total. The molecule has 0 spiro atoms. The Hall–Kier alpha value is -1.70. The molecule has 3 heterocycles. The summed E-state index contributed by atoms with van der Waals surface area (Å²) < 4.78 is 13.4. The van der Waals surface area contributed by atoms with Gasteiger partial charge >= 0.3 is 5.69 Å². The first kappa shape index (κ1) is 10.5. The fourth-order valence-electron chi connectivity index (χ4n) is 1.84. The highest BCUT2D eigenvalue weighted by Crippen LogP contribution is 2.18. The van der Waals surface area contributed by atoms with Gasteiger partial charge in [-0.15, -0.1) is 0 Å². The molecule has 7 heteroatoms. The van der Waals surface area contributed by atoms with Crippen LogP contribution in [0.3, 0.4) is 0 Å². The summed E-state index contributed by atoms with van der Waals surface area (Å²) in [6.07, 6.45) is 3.59. The molecule has 1 saturated heterocycles. The van der Waals surface area contributed by atoms with Crippen molar-refractivity contribution >= 4 is 5.65 Å². The van der Waals surface area contributed by atoms with Crippen LogP contribution in [0.1, 0.15) is 6.23 Å². The highest BCUT2D eigenvalue weighted by Gasteiger charge is 2.27. The summed E-state index contributed by atoms with van der Waals surface area (Å²) in [6, 6.07) is 1.72. The molecule has 0 saturated carbocycles. The fraction of sp³-hybridized carbons (Fsp3) is 0.400. The summed E-state index contributed by atoms with van der Waals surface area (Å²) in [5, 5.41) is 8.89. The molecular weight excluding hydrogens is 226 g/mol. The van der Waals surface area contributed by atoms with E-state index in [0.29, 0.717) is 5.65 Å². The first-order chi connectivity index (χ1) is 8.29. The number of hydrogen-bond acceptors (Lipinski definition) is 5. The summed E-state index contributed by atoms with van der Waals surface area (Å²) in [5.74, 6) is 0. The summed E-state index contributed by atoms with van der Waals surface area (Å²) in [5.41, 5.74) is 0.344. The molecule has 1 N–H and O–H groups in total. The average molecular weight is 237 g/mol. The minimum Gasteiger partial charge on any atom is -0.391 e. The fourth-order valence-corrected chi connectivity index (χ4v) is 1.84. The predicted molar refractivity (Wildman–Crippen MR) is 56.4 cm³/mol. The van der Waals surface area contributed by atoms with Crippen molar-refractivity contribution in [3.63, 3.8) is 0 Å². The van der Waals surface area contributed by atoms with E-state index in [4.69, 9.17) is 14.6 Å². The lowest BCUT2D eigenvalue weighted by atomic mass is 10.5. The molecule has 0 aliphatic carbocycles. The third-order valence-electron chi connectivity index (χ3n) is 2.67. The van der Waals surface area contributed by atoms with E-state index in [9.17, 15) is 4.79 Å². The van der Waals surface area contributed by atoms with Gasteiger partial charge in [0, 0.05) is 18.6 Å². The van der Waals surface area contributed by atoms with E-state index in [0.717, 1.165) is 0 Å². The molecule has 2 atom stereocenters. The maximum Gasteiger partial charge on any atom is 0.336 e. The quantitative estimate of drug-likeness (QED) is 0.751. The van der Waals surface area contributed by atoms with Crippen molar-refractivity contribution in [2.45, 2.75) is 12.5 Å². The molecule has 2 aromatic heterocycles. The number of aliphatic hydroxyl groups is 1. The smallest absolute Gasteiger partial charge is 0.336 e. The Morgan fingerprint density at radius 1 is 1.53 bits per heavy atom. The normalized spacial score (nSPS) is 24.5. The second kappa shape index (κ2) is 3.95. The van der Waals surface area contributed by atoms with Gasteiger partial charge < -0.3 is 14.6 Å². The zero-order chi connectivity index (χ0) is 11.8. The molecular formula is C10H11N3O4. The van der Waals surface area contributed by atoms with E-state index < -0.39 is 12.5 Å². The molecule has 0 radical (unpaired) electrons. The maximum absolute atomic E-state index is 12.1. The minimum atomic E-state index is -0.662. The van der Waals surface area contributed by atoms with Gasteiger partial charge in [-0.1, -0.05) is 0 Å². The Morgan fingerprint density at radius 3 is 3.18 bits per heavy atom. The molecule has 0 bridgehead atoms. The zero-order valence-corrected chi connectivity index (χ0v) is 8.89. The first-order valence-electron chi connectivity index (χ1n) is 5.22. The van der Waals surface area contributed by atoms with Gasteiger partial charge in [-0.2, -0.15) is 0 Å². The molecule has 1 fully saturated rings. The Bertz CT molecular complexity index is 590. The van der Waals surface area contributed by atoms with Crippen LogP contribution >= 0.6 is 0 Å². The first-order valence-corrected chi connectivity index (χ1v) is 5.22. The minimum absolute atomic E-state index is 0.224. The number of aliphatic hydroxyl groups excluding tert-OH is 1. The van der Waals surface area contributed by atoms with Crippen molar-refractivity contribution in [2.75, 3.05) is 13.2 Å². The van der Waals surface area contributed by atoms with E-state index in [1.165, 1.54) is 8.97 Å². The topological polar surface area (TPSA) is 78.0 Å². The van der Waals surface area contributed by atoms with Gasteiger partial charge in [0.25, 0.3) is 0 Å². The highest BCUT2D eigenvalue weighted by molar-refractivity contribution is 5.35. The van der Waals surface area contributed by atoms with Gasteiger partial charge in [-0.05, 0) is 6.07 Å². The molecule has 0 aromatic carbocycles. The summed E-state index contributed by atoms with van der Waals surface area (Å²) in [6.45, 7) is 0.0178. The van der Waals surface area contributed by atoms with Crippen LogP contribution in [0.2, 0.25) is 0 Å². The van der Waals surface area contributed by atoms with Crippen LogP contribution in [-0.2, 0) is 9.47 Å². The molecule has 1 aliphatic heterocycles. The van der Waals surface area contributed by atoms with Crippen LogP contribution < -0.4 is 5.69 Å². The van der Waals surface area contributed by atoms with E-state index in [-0.39, 0.29) is 18.9 Å². The lowest BCUT2D eigenvalue weighted by Crippen LogP contribution is -2.30. The average Bonchev–Trinajstić information content (AvgIpc) is 2.97. The van der Waals surface area contributed by atoms with E-state index >= 15 is 0 Å². The van der Waals surface area contributed by atoms with Crippen LogP contribution in [0.15, 0.2) is 29.5 Å². The molecule has 1 aliphatic rings. The lowest BCUT2D eigenvalue weighted by molar-refractivity contribution is -0.0993. The monoisotopic (exact) mass is 237 g/mol. The van der Waals surface area contributed by atoms with Crippen LogP contribution in [-0.4, -0.2) is 38.6 Å². The van der Waals surface area contributed by atoms with Crippen LogP contribution in [0.5, 0.6) is 0 Å². The predicted octanol–water partition coefficient (Wildman–Crippen LogP) is -0.640. The number of ether oxygens (including phenoxy) is 2. The highest BCUT2D eigenvalue weighted by atomic mass is 16.7. The third kappa shape index (κ3) is 1.64. The molecule has 90 valence electrons. The van der Waals surface area contributed by atoms with Crippen molar-refractivity contribution in [1.82, 2.24) is 14.0 Å². The Labute approximate surface area is 95.8 Å². The SMILES string of the molecule is O=c1n([C@H]2CO[C@@H](CO)O2)ccc2nccn12. The molecule has 17 heavy (non-hydrogen) atoms. The van der Waals surface area contributed by atoms with Gasteiger partial charge in [-0.3, -0.25) is 8.97 Å². The molecule has 0 amide bonds. The van der Waals surface area contributed by atoms with Gasteiger partial charge in [-0.25, -0.2) is 9.78 Å². The molecule has 0 unspecified atom stereocenters. The summed E-state index contributed by atoms with van der Waals surface area (Å²) in [7, 11) is 0. The van der Waals surface area contributed by atoms with Crippen molar-refractivity contribution in [3.05, 3.63) is 35.1 Å². The number of rotatable bonds is 2. The second-order valence-corrected chi connectivity index (χ2v) is 3.70. The summed E-state index contributed by atoms with van der Waals surface area (Å²) >= 11 is 0. The van der Waals surface area contributed by atoms with Crippen LogP contribution in [0.25, 0.3) is 5.65 Å². The largest absolute Gasteiger partial charge is 0.391 e. The van der Waals surface area contributed by atoms with E-state index in [1.54, 1.807) is 24.7 Å². The number of aromatic nitrogens is 3. The lowest BCUT2D eigenvalue weighted by Gasteiger charge is -2.12.